The van der Waals surface area contributed by atoms with E-state index in [9.17, 15) is 0 Å². The minimum Gasteiger partial charge on any atom is -0.294 e. The summed E-state index contributed by atoms with van der Waals surface area (Å²) in [6, 6.07) is 106. The summed E-state index contributed by atoms with van der Waals surface area (Å²) < 4.78 is 6.69. The Kier molecular flexibility index (Phi) is 27.1. The molecule has 0 aliphatic heterocycles. The number of para-hydroxylation sites is 6. The number of fused-ring (bicyclic) bond motifs is 9. The summed E-state index contributed by atoms with van der Waals surface area (Å²) in [7, 11) is 0. The van der Waals surface area contributed by atoms with Crippen LogP contribution in [0.2, 0.25) is 0 Å². The molecule has 20 rings (SSSR count). The molecule has 20 aromatic rings. The second kappa shape index (κ2) is 38.7. The summed E-state index contributed by atoms with van der Waals surface area (Å²) in [6.07, 6.45) is 11.6. The van der Waals surface area contributed by atoms with Gasteiger partial charge in [0.2, 0.25) is 5.95 Å². The maximum atomic E-state index is 5.16. The van der Waals surface area contributed by atoms with Crippen molar-refractivity contribution in [2.75, 3.05) is 0 Å². The standard InChI is InChI=1S/C32H26N4.C20H19N3.C20H20N2.C19H19N3.C14H16N2.C12H20N2/c1-32(2,3)31-33-29(35-25-16-8-4-12-21(25)22-13-5-9-17-26(22)35)20-30(34-31)36-27-18-10-6-14-23(27)24-15-7-11-19-28(24)36;1-20(2,3)14-12-21-19(22-13-14)23-17-10-6-4-8-15(17)16-9-5-7-11-18(16)23;1-20(2,3)19-21-17(15-10-6-4-7-11-15)14-18(22-19)16-12-8-5-9-13-16;1-19(2,3)18-21-16(14-10-6-4-7-11-14)20-17(22-18)15-12-8-5-9-13-15;1-14(2,3)12-9-15-13(16-10-12)11-7-5-4-6-8-11;1-11(2,3)9-7-13-10(14-8-9)12(4,5)6/h4-20H,1-3H3;4-13H,1-3H3;4-14H,1-3H3;4-13H,1-3H3;4-10H,1-3H3;7-8H,1-6H3. The van der Waals surface area contributed by atoms with Gasteiger partial charge in [-0.15, -0.1) is 0 Å². The van der Waals surface area contributed by atoms with Gasteiger partial charge >= 0.3 is 0 Å². The van der Waals surface area contributed by atoms with Gasteiger partial charge in [-0.1, -0.05) is 406 Å². The third-order valence-electron chi connectivity index (χ3n) is 22.9. The molecule has 0 atom stereocenters. The second-order valence-corrected chi connectivity index (χ2v) is 40.7. The van der Waals surface area contributed by atoms with Crippen molar-refractivity contribution in [1.82, 2.24) is 78.5 Å². The minimum absolute atomic E-state index is 0.0381. The van der Waals surface area contributed by atoms with Gasteiger partial charge in [-0.3, -0.25) is 13.7 Å². The summed E-state index contributed by atoms with van der Waals surface area (Å²) in [5.41, 5.74) is 17.5. The number of hydrogen-bond acceptors (Lipinski definition) is 13. The Labute approximate surface area is 783 Å². The highest BCUT2D eigenvalue weighted by atomic mass is 15.2. The van der Waals surface area contributed by atoms with E-state index in [0.29, 0.717) is 0 Å². The summed E-state index contributed by atoms with van der Waals surface area (Å²) in [6.45, 7) is 45.2. The summed E-state index contributed by atoms with van der Waals surface area (Å²) in [5, 5.41) is 7.35. The smallest absolute Gasteiger partial charge is 0.234 e. The van der Waals surface area contributed by atoms with E-state index in [-0.39, 0.29) is 37.9 Å². The van der Waals surface area contributed by atoms with Crippen LogP contribution in [0.3, 0.4) is 0 Å². The van der Waals surface area contributed by atoms with Gasteiger partial charge < -0.3 is 0 Å². The molecule has 0 fully saturated rings. The van der Waals surface area contributed by atoms with Crippen molar-refractivity contribution in [3.05, 3.63) is 387 Å². The molecule has 0 N–H and O–H groups in total. The van der Waals surface area contributed by atoms with Crippen LogP contribution in [0.15, 0.2) is 347 Å². The molecule has 0 radical (unpaired) electrons. The molecule has 11 aromatic carbocycles. The fraction of sp³-hybridized carbons (Fsp3) is 0.239. The van der Waals surface area contributed by atoms with Crippen molar-refractivity contribution < 1.29 is 0 Å². The molecule has 16 heteroatoms. The first-order chi connectivity index (χ1) is 63.4. The fourth-order valence-electron chi connectivity index (χ4n) is 15.3. The summed E-state index contributed by atoms with van der Waals surface area (Å²) in [4.78, 5) is 60.8. The van der Waals surface area contributed by atoms with Gasteiger partial charge in [0.1, 0.15) is 34.9 Å². The van der Waals surface area contributed by atoms with E-state index in [1.807, 2.05) is 165 Å². The lowest BCUT2D eigenvalue weighted by molar-refractivity contribution is 0.532. The van der Waals surface area contributed by atoms with E-state index >= 15 is 0 Å². The lowest BCUT2D eigenvalue weighted by Gasteiger charge is -2.20. The van der Waals surface area contributed by atoms with Crippen molar-refractivity contribution >= 4 is 65.4 Å². The zero-order valence-corrected chi connectivity index (χ0v) is 80.6. The Balaban J connectivity index is 0.000000125. The molecular formula is C117H120N16. The van der Waals surface area contributed by atoms with E-state index in [1.54, 1.807) is 0 Å². The van der Waals surface area contributed by atoms with E-state index in [4.69, 9.17) is 19.9 Å². The average molecular weight is 1750 g/mol. The molecule has 0 bridgehead atoms. The molecule has 0 unspecified atom stereocenters. The second-order valence-electron chi connectivity index (χ2n) is 40.7. The maximum absolute atomic E-state index is 5.16. The normalized spacial score (nSPS) is 11.9. The van der Waals surface area contributed by atoms with E-state index in [1.165, 1.54) is 37.9 Å². The predicted octanol–water partition coefficient (Wildman–Crippen LogP) is 29.0. The summed E-state index contributed by atoms with van der Waals surface area (Å²) >= 11 is 0. The van der Waals surface area contributed by atoms with Crippen LogP contribution < -0.4 is 0 Å². The number of hydrogen-bond donors (Lipinski definition) is 0. The quantitative estimate of drug-likeness (QED) is 0.140. The first-order valence-electron chi connectivity index (χ1n) is 45.7. The molecule has 668 valence electrons. The van der Waals surface area contributed by atoms with Gasteiger partial charge in [-0.05, 0) is 75.4 Å². The summed E-state index contributed by atoms with van der Waals surface area (Å²) in [5.74, 6) is 8.10. The van der Waals surface area contributed by atoms with Crippen LogP contribution in [0.5, 0.6) is 0 Å². The van der Waals surface area contributed by atoms with Crippen LogP contribution >= 0.6 is 0 Å². The first-order valence-corrected chi connectivity index (χ1v) is 45.7. The lowest BCUT2D eigenvalue weighted by Crippen LogP contribution is -2.19. The van der Waals surface area contributed by atoms with Crippen molar-refractivity contribution in [3.8, 4) is 74.3 Å². The molecule has 16 nitrogen and oxygen atoms in total. The Morgan fingerprint density at radius 3 is 0.699 bits per heavy atom. The lowest BCUT2D eigenvalue weighted by atomic mass is 9.89. The van der Waals surface area contributed by atoms with E-state index in [0.717, 1.165) is 142 Å². The molecule has 0 amide bonds. The van der Waals surface area contributed by atoms with Crippen LogP contribution in [-0.2, 0) is 37.9 Å². The molecule has 0 aliphatic carbocycles. The van der Waals surface area contributed by atoms with Gasteiger partial charge in [-0.25, -0.2) is 64.8 Å². The monoisotopic (exact) mass is 1750 g/mol. The van der Waals surface area contributed by atoms with Gasteiger partial charge in [0.25, 0.3) is 0 Å². The third kappa shape index (κ3) is 21.8. The molecular weight excluding hydrogens is 1630 g/mol. The van der Waals surface area contributed by atoms with Crippen molar-refractivity contribution in [2.24, 2.45) is 0 Å². The maximum Gasteiger partial charge on any atom is 0.234 e. The molecule has 9 heterocycles. The van der Waals surface area contributed by atoms with Crippen LogP contribution in [0.1, 0.15) is 185 Å². The minimum atomic E-state index is -0.220. The van der Waals surface area contributed by atoms with Gasteiger partial charge in [0.05, 0.1) is 44.5 Å². The highest BCUT2D eigenvalue weighted by Crippen LogP contribution is 2.39. The van der Waals surface area contributed by atoms with Gasteiger partial charge in [0, 0.05) is 125 Å². The highest BCUT2D eigenvalue weighted by Gasteiger charge is 2.28. The van der Waals surface area contributed by atoms with Crippen LogP contribution in [0.4, 0.5) is 0 Å². The number of aromatic nitrogens is 16. The molecule has 9 aromatic heterocycles. The molecule has 133 heavy (non-hydrogen) atoms. The fourth-order valence-corrected chi connectivity index (χ4v) is 15.3. The van der Waals surface area contributed by atoms with E-state index < -0.39 is 0 Å². The molecule has 0 spiro atoms. The zero-order chi connectivity index (χ0) is 94.2. The molecule has 0 saturated carbocycles. The van der Waals surface area contributed by atoms with Crippen LogP contribution in [-0.4, -0.2) is 78.5 Å². The highest BCUT2D eigenvalue weighted by molar-refractivity contribution is 6.11. The first kappa shape index (κ1) is 92.9. The van der Waals surface area contributed by atoms with Crippen molar-refractivity contribution in [2.45, 2.75) is 183 Å². The Morgan fingerprint density at radius 1 is 0.180 bits per heavy atom. The van der Waals surface area contributed by atoms with E-state index in [2.05, 4.69) is 386 Å². The number of nitrogens with zero attached hydrogens (tertiary/aromatic N) is 16. The Hall–Kier alpha value is -14.8. The number of rotatable bonds is 8. The number of benzene rings is 11. The van der Waals surface area contributed by atoms with Crippen LogP contribution in [0, 0.1) is 0 Å². The van der Waals surface area contributed by atoms with Crippen molar-refractivity contribution in [1.29, 1.82) is 0 Å². The Morgan fingerprint density at radius 2 is 0.414 bits per heavy atom. The van der Waals surface area contributed by atoms with Gasteiger partial charge in [-0.2, -0.15) is 0 Å². The largest absolute Gasteiger partial charge is 0.294 e. The topological polar surface area (TPSA) is 182 Å². The molecule has 0 aliphatic rings. The Bertz CT molecular complexity index is 6770. The molecule has 0 saturated heterocycles. The third-order valence-corrected chi connectivity index (χ3v) is 22.9. The SMILES string of the molecule is CC(C)(C)c1cnc(-c2ccccc2)nc1.CC(C)(C)c1cnc(-n2c3ccccc3c3ccccc32)nc1.CC(C)(C)c1cnc(C(C)(C)C)nc1.CC(C)(C)c1nc(-c2ccccc2)cc(-c2ccccc2)n1.CC(C)(C)c1nc(-c2ccccc2)nc(-c2ccccc2)n1.CC(C)(C)c1nc(-n2c3ccccc3c3ccccc32)cc(-n2c3ccccc3c3ccccc32)n1. The van der Waals surface area contributed by atoms with Crippen molar-refractivity contribution in [3.63, 3.8) is 0 Å². The van der Waals surface area contributed by atoms with Gasteiger partial charge in [0.15, 0.2) is 17.5 Å². The predicted molar refractivity (Wildman–Crippen MR) is 551 cm³/mol. The van der Waals surface area contributed by atoms with Crippen LogP contribution in [0.25, 0.3) is 140 Å². The average Bonchev–Trinajstić information content (AvgIpc) is 1.59. The zero-order valence-electron chi connectivity index (χ0n) is 80.6.